The second kappa shape index (κ2) is 11.9. The molecule has 0 fully saturated rings. The van der Waals surface area contributed by atoms with Gasteiger partial charge in [-0.2, -0.15) is 18.3 Å². The van der Waals surface area contributed by atoms with Crippen LogP contribution in [0, 0.1) is 0 Å². The smallest absolute Gasteiger partial charge is 0.435 e. The van der Waals surface area contributed by atoms with E-state index in [1.165, 1.54) is 11.8 Å². The number of halogens is 3. The lowest BCUT2D eigenvalue weighted by Gasteiger charge is -2.19. The molecular formula is C26H29F3N4O5. The van der Waals surface area contributed by atoms with Gasteiger partial charge in [-0.3, -0.25) is 4.79 Å². The van der Waals surface area contributed by atoms with Gasteiger partial charge in [0.2, 0.25) is 5.91 Å². The molecule has 3 aromatic rings. The van der Waals surface area contributed by atoms with Crippen molar-refractivity contribution in [3.8, 4) is 28.4 Å². The topological polar surface area (TPSA) is 104 Å². The largest absolute Gasteiger partial charge is 0.497 e. The maximum absolute atomic E-state index is 13.4. The summed E-state index contributed by atoms with van der Waals surface area (Å²) in [4.78, 5) is 23.4. The Balaban J connectivity index is 1.59. The first-order valence-corrected chi connectivity index (χ1v) is 11.6. The van der Waals surface area contributed by atoms with Crippen molar-refractivity contribution >= 4 is 12.0 Å². The van der Waals surface area contributed by atoms with Crippen molar-refractivity contribution in [1.29, 1.82) is 0 Å². The molecule has 3 rings (SSSR count). The Morgan fingerprint density at radius 3 is 2.16 bits per heavy atom. The average Bonchev–Trinajstić information content (AvgIpc) is 3.31. The number of nitrogens with zero attached hydrogens (tertiary/aromatic N) is 2. The molecule has 0 bridgehead atoms. The minimum atomic E-state index is -4.61. The second-order valence-corrected chi connectivity index (χ2v) is 9.10. The lowest BCUT2D eigenvalue weighted by Crippen LogP contribution is -2.40. The molecule has 2 aromatic carbocycles. The number of hydrogen-bond acceptors (Lipinski definition) is 6. The first kappa shape index (κ1) is 28.4. The number of benzene rings is 2. The van der Waals surface area contributed by atoms with Crippen LogP contribution in [0.15, 0.2) is 54.6 Å². The summed E-state index contributed by atoms with van der Waals surface area (Å²) in [6, 6.07) is 14.0. The first-order valence-electron chi connectivity index (χ1n) is 11.6. The Morgan fingerprint density at radius 2 is 1.58 bits per heavy atom. The lowest BCUT2D eigenvalue weighted by atomic mass is 10.1. The summed E-state index contributed by atoms with van der Waals surface area (Å²) in [5, 5.41) is 8.72. The fourth-order valence-corrected chi connectivity index (χ4v) is 3.26. The summed E-state index contributed by atoms with van der Waals surface area (Å²) in [5.74, 6) is 0.610. The van der Waals surface area contributed by atoms with Gasteiger partial charge in [0.05, 0.1) is 31.6 Å². The van der Waals surface area contributed by atoms with Crippen molar-refractivity contribution in [1.82, 2.24) is 20.4 Å². The number of rotatable bonds is 9. The quantitative estimate of drug-likeness (QED) is 0.390. The van der Waals surface area contributed by atoms with E-state index in [2.05, 4.69) is 15.7 Å². The normalized spacial score (nSPS) is 11.6. The Labute approximate surface area is 217 Å². The lowest BCUT2D eigenvalue weighted by molar-refractivity contribution is -0.141. The van der Waals surface area contributed by atoms with Crippen molar-refractivity contribution in [3.63, 3.8) is 0 Å². The van der Waals surface area contributed by atoms with Crippen LogP contribution in [0.3, 0.4) is 0 Å². The molecule has 0 saturated heterocycles. The highest BCUT2D eigenvalue weighted by Gasteiger charge is 2.35. The molecule has 0 aliphatic rings. The minimum absolute atomic E-state index is 0.138. The molecule has 2 N–H and O–H groups in total. The summed E-state index contributed by atoms with van der Waals surface area (Å²) >= 11 is 0. The molecule has 0 aliphatic heterocycles. The van der Waals surface area contributed by atoms with Gasteiger partial charge in [0, 0.05) is 5.56 Å². The van der Waals surface area contributed by atoms with Crippen molar-refractivity contribution in [2.45, 2.75) is 32.5 Å². The van der Waals surface area contributed by atoms with Crippen LogP contribution in [0.25, 0.3) is 16.9 Å². The molecule has 12 heteroatoms. The molecule has 0 unspecified atom stereocenters. The maximum atomic E-state index is 13.4. The summed E-state index contributed by atoms with van der Waals surface area (Å²) in [6.45, 7) is 5.21. The van der Waals surface area contributed by atoms with Crippen molar-refractivity contribution in [2.24, 2.45) is 0 Å². The van der Waals surface area contributed by atoms with E-state index in [0.29, 0.717) is 22.7 Å². The zero-order valence-electron chi connectivity index (χ0n) is 21.4. The predicted octanol–water partition coefficient (Wildman–Crippen LogP) is 4.59. The van der Waals surface area contributed by atoms with Crippen molar-refractivity contribution in [2.75, 3.05) is 26.8 Å². The van der Waals surface area contributed by atoms with E-state index in [4.69, 9.17) is 14.2 Å². The summed E-state index contributed by atoms with van der Waals surface area (Å²) in [5.41, 5.74) is -0.495. The second-order valence-electron chi connectivity index (χ2n) is 9.10. The van der Waals surface area contributed by atoms with Crippen LogP contribution in [0.5, 0.6) is 11.5 Å². The average molecular weight is 535 g/mol. The Bertz CT molecular complexity index is 1230. The van der Waals surface area contributed by atoms with Gasteiger partial charge in [0.25, 0.3) is 0 Å². The molecule has 1 heterocycles. The maximum Gasteiger partial charge on any atom is 0.435 e. The molecule has 0 saturated carbocycles. The van der Waals surface area contributed by atoms with E-state index in [1.54, 1.807) is 69.3 Å². The molecule has 0 atom stereocenters. The number of nitrogens with one attached hydrogen (secondary N) is 2. The van der Waals surface area contributed by atoms with Crippen LogP contribution in [-0.4, -0.2) is 54.2 Å². The highest BCUT2D eigenvalue weighted by molar-refractivity contribution is 5.82. The first-order chi connectivity index (χ1) is 17.9. The standard InChI is InChI=1S/C26H29F3N4O5/c1-25(2,3)38-24(35)31-16-23(34)30-13-14-37-20-9-5-17(6-10-20)21-15-22(26(27,28)29)32-33(21)18-7-11-19(36-4)12-8-18/h5-12,15H,13-14,16H2,1-4H3,(H,30,34)(H,31,35). The van der Waals surface area contributed by atoms with Crippen LogP contribution in [0.1, 0.15) is 26.5 Å². The van der Waals surface area contributed by atoms with Gasteiger partial charge in [-0.15, -0.1) is 0 Å². The summed E-state index contributed by atoms with van der Waals surface area (Å²) in [7, 11) is 1.50. The van der Waals surface area contributed by atoms with E-state index < -0.39 is 29.5 Å². The third-order valence-electron chi connectivity index (χ3n) is 4.95. The van der Waals surface area contributed by atoms with Crippen LogP contribution < -0.4 is 20.1 Å². The number of carbonyl (C=O) groups is 2. The van der Waals surface area contributed by atoms with E-state index in [-0.39, 0.29) is 25.4 Å². The van der Waals surface area contributed by atoms with Gasteiger partial charge in [0.1, 0.15) is 23.7 Å². The van der Waals surface area contributed by atoms with Crippen LogP contribution >= 0.6 is 0 Å². The number of carbonyl (C=O) groups excluding carboxylic acids is 2. The molecular weight excluding hydrogens is 505 g/mol. The number of ether oxygens (including phenoxy) is 3. The number of alkyl halides is 3. The highest BCUT2D eigenvalue weighted by atomic mass is 19.4. The Kier molecular flexibility index (Phi) is 8.87. The summed E-state index contributed by atoms with van der Waals surface area (Å²) in [6.07, 6.45) is -5.30. The minimum Gasteiger partial charge on any atom is -0.497 e. The third kappa shape index (κ3) is 8.15. The van der Waals surface area contributed by atoms with Gasteiger partial charge in [-0.05, 0) is 75.4 Å². The molecule has 9 nitrogen and oxygen atoms in total. The number of alkyl carbamates (subject to hydrolysis) is 1. The summed E-state index contributed by atoms with van der Waals surface area (Å²) < 4.78 is 57.2. The molecule has 0 aliphatic carbocycles. The van der Waals surface area contributed by atoms with Gasteiger partial charge in [0.15, 0.2) is 5.69 Å². The Morgan fingerprint density at radius 1 is 0.947 bits per heavy atom. The number of amides is 2. The van der Waals surface area contributed by atoms with Crippen LogP contribution in [-0.2, 0) is 15.7 Å². The molecule has 1 aromatic heterocycles. The van der Waals surface area contributed by atoms with Crippen molar-refractivity contribution in [3.05, 3.63) is 60.3 Å². The number of aromatic nitrogens is 2. The fourth-order valence-electron chi connectivity index (χ4n) is 3.26. The monoisotopic (exact) mass is 534 g/mol. The van der Waals surface area contributed by atoms with Crippen LogP contribution in [0.2, 0.25) is 0 Å². The Hall–Kier alpha value is -4.22. The third-order valence-corrected chi connectivity index (χ3v) is 4.95. The van der Waals surface area contributed by atoms with Crippen LogP contribution in [0.4, 0.5) is 18.0 Å². The number of methoxy groups -OCH3 is 1. The molecule has 204 valence electrons. The molecule has 38 heavy (non-hydrogen) atoms. The van der Waals surface area contributed by atoms with E-state index in [0.717, 1.165) is 6.07 Å². The predicted molar refractivity (Wildman–Crippen MR) is 133 cm³/mol. The van der Waals surface area contributed by atoms with E-state index >= 15 is 0 Å². The highest BCUT2D eigenvalue weighted by Crippen LogP contribution is 2.34. The van der Waals surface area contributed by atoms with Gasteiger partial charge < -0.3 is 24.8 Å². The van der Waals surface area contributed by atoms with Gasteiger partial charge in [-0.25, -0.2) is 9.48 Å². The molecule has 0 radical (unpaired) electrons. The van der Waals surface area contributed by atoms with E-state index in [9.17, 15) is 22.8 Å². The van der Waals surface area contributed by atoms with Gasteiger partial charge in [-0.1, -0.05) is 0 Å². The van der Waals surface area contributed by atoms with E-state index in [1.807, 2.05) is 0 Å². The number of hydrogen-bond donors (Lipinski definition) is 2. The zero-order chi connectivity index (χ0) is 27.9. The zero-order valence-corrected chi connectivity index (χ0v) is 21.4. The molecule has 2 amide bonds. The fraction of sp³-hybridized carbons (Fsp3) is 0.346. The molecule has 0 spiro atoms. The van der Waals surface area contributed by atoms with Gasteiger partial charge >= 0.3 is 12.3 Å². The SMILES string of the molecule is COc1ccc(-n2nc(C(F)(F)F)cc2-c2ccc(OCCNC(=O)CNC(=O)OC(C)(C)C)cc2)cc1. The van der Waals surface area contributed by atoms with Crippen molar-refractivity contribution < 1.29 is 37.0 Å².